The summed E-state index contributed by atoms with van der Waals surface area (Å²) in [5, 5.41) is 1.56. The fourth-order valence-electron chi connectivity index (χ4n) is 3.33. The standard InChI is InChI=1S/C20H25N3O4/c1-12(2)27-17-11-15-13(10-16(17)19(21)25)6-8-22-20(15)26-9-7-14-4-5-18(24)23(14)3/h6,8,10-12,14H,4-5,7,9H2,1-3H3,(H2,21,25)/t14-/m0/s1. The van der Waals surface area contributed by atoms with E-state index >= 15 is 0 Å². The molecule has 2 aromatic rings. The summed E-state index contributed by atoms with van der Waals surface area (Å²) in [5.41, 5.74) is 5.83. The number of fused-ring (bicyclic) bond motifs is 1. The number of carbonyl (C=O) groups excluding carboxylic acids is 2. The summed E-state index contributed by atoms with van der Waals surface area (Å²) < 4.78 is 11.7. The zero-order valence-corrected chi connectivity index (χ0v) is 15.9. The normalized spacial score (nSPS) is 17.0. The Morgan fingerprint density at radius 2 is 2.19 bits per heavy atom. The quantitative estimate of drug-likeness (QED) is 0.807. The minimum atomic E-state index is -0.541. The number of pyridine rings is 1. The van der Waals surface area contributed by atoms with Crippen LogP contribution in [0.4, 0.5) is 0 Å². The number of primary amides is 1. The Morgan fingerprint density at radius 3 is 2.81 bits per heavy atom. The van der Waals surface area contributed by atoms with Gasteiger partial charge in [0.25, 0.3) is 5.91 Å². The van der Waals surface area contributed by atoms with E-state index in [2.05, 4.69) is 4.98 Å². The molecule has 144 valence electrons. The lowest BCUT2D eigenvalue weighted by Crippen LogP contribution is -2.29. The highest BCUT2D eigenvalue weighted by molar-refractivity contribution is 6.01. The number of nitrogens with zero attached hydrogens (tertiary/aromatic N) is 2. The lowest BCUT2D eigenvalue weighted by molar-refractivity contribution is -0.127. The average molecular weight is 371 g/mol. The molecular formula is C20H25N3O4. The van der Waals surface area contributed by atoms with E-state index in [-0.39, 0.29) is 18.1 Å². The summed E-state index contributed by atoms with van der Waals surface area (Å²) in [6.07, 6.45) is 3.73. The molecule has 1 atom stereocenters. The Labute approximate surface area is 158 Å². The number of ether oxygens (including phenoxy) is 2. The molecule has 2 N–H and O–H groups in total. The molecular weight excluding hydrogens is 346 g/mol. The van der Waals surface area contributed by atoms with Crippen LogP contribution < -0.4 is 15.2 Å². The van der Waals surface area contributed by atoms with E-state index in [1.807, 2.05) is 20.9 Å². The molecule has 0 bridgehead atoms. The molecule has 1 aliphatic rings. The zero-order valence-electron chi connectivity index (χ0n) is 15.9. The van der Waals surface area contributed by atoms with Crippen LogP contribution >= 0.6 is 0 Å². The van der Waals surface area contributed by atoms with Crippen LogP contribution in [-0.2, 0) is 4.79 Å². The first kappa shape index (κ1) is 18.9. The molecule has 1 saturated heterocycles. The second-order valence-electron chi connectivity index (χ2n) is 7.05. The zero-order chi connectivity index (χ0) is 19.6. The third kappa shape index (κ3) is 4.13. The summed E-state index contributed by atoms with van der Waals surface area (Å²) in [7, 11) is 1.83. The summed E-state index contributed by atoms with van der Waals surface area (Å²) in [6.45, 7) is 4.22. The Kier molecular flexibility index (Phi) is 5.48. The average Bonchev–Trinajstić information content (AvgIpc) is 2.93. The molecule has 0 aliphatic carbocycles. The van der Waals surface area contributed by atoms with E-state index < -0.39 is 5.91 Å². The van der Waals surface area contributed by atoms with Gasteiger partial charge in [-0.15, -0.1) is 0 Å². The minimum absolute atomic E-state index is 0.1000. The van der Waals surface area contributed by atoms with E-state index in [0.717, 1.165) is 23.6 Å². The number of nitrogens with two attached hydrogens (primary N) is 1. The number of rotatable bonds is 7. The molecule has 1 fully saturated rings. The molecule has 27 heavy (non-hydrogen) atoms. The molecule has 1 aliphatic heterocycles. The van der Waals surface area contributed by atoms with Crippen molar-refractivity contribution in [3.63, 3.8) is 0 Å². The van der Waals surface area contributed by atoms with Crippen molar-refractivity contribution >= 4 is 22.6 Å². The number of aromatic nitrogens is 1. The van der Waals surface area contributed by atoms with Crippen LogP contribution in [0.15, 0.2) is 24.4 Å². The van der Waals surface area contributed by atoms with Gasteiger partial charge in [-0.3, -0.25) is 9.59 Å². The number of hydrogen-bond donors (Lipinski definition) is 1. The SMILES string of the molecule is CC(C)Oc1cc2c(OCC[C@@H]3CCC(=O)N3C)nccc2cc1C(N)=O. The van der Waals surface area contributed by atoms with Crippen molar-refractivity contribution in [1.82, 2.24) is 9.88 Å². The van der Waals surface area contributed by atoms with Gasteiger partial charge >= 0.3 is 0 Å². The van der Waals surface area contributed by atoms with Crippen molar-refractivity contribution in [2.24, 2.45) is 5.73 Å². The van der Waals surface area contributed by atoms with Crippen LogP contribution in [0.1, 0.15) is 43.5 Å². The van der Waals surface area contributed by atoms with Gasteiger partial charge in [-0.1, -0.05) is 0 Å². The maximum Gasteiger partial charge on any atom is 0.252 e. The van der Waals surface area contributed by atoms with Gasteiger partial charge in [-0.25, -0.2) is 4.98 Å². The lowest BCUT2D eigenvalue weighted by atomic mass is 10.1. The first-order valence-electron chi connectivity index (χ1n) is 9.14. The number of carbonyl (C=O) groups is 2. The van der Waals surface area contributed by atoms with Gasteiger partial charge in [0.05, 0.1) is 18.3 Å². The molecule has 3 rings (SSSR count). The Hall–Kier alpha value is -2.83. The maximum atomic E-state index is 11.8. The van der Waals surface area contributed by atoms with Crippen molar-refractivity contribution < 1.29 is 19.1 Å². The highest BCUT2D eigenvalue weighted by atomic mass is 16.5. The summed E-state index contributed by atoms with van der Waals surface area (Å²) in [5.74, 6) is 0.534. The Balaban J connectivity index is 1.83. The van der Waals surface area contributed by atoms with Crippen LogP contribution in [0.2, 0.25) is 0 Å². The van der Waals surface area contributed by atoms with Gasteiger partial charge < -0.3 is 20.1 Å². The van der Waals surface area contributed by atoms with Crippen molar-refractivity contribution in [3.05, 3.63) is 30.0 Å². The first-order chi connectivity index (χ1) is 12.9. The number of likely N-dealkylation sites (tertiary alicyclic amines) is 1. The maximum absolute atomic E-state index is 11.8. The molecule has 0 radical (unpaired) electrons. The fourth-order valence-corrected chi connectivity index (χ4v) is 3.33. The Morgan fingerprint density at radius 1 is 1.41 bits per heavy atom. The fraction of sp³-hybridized carbons (Fsp3) is 0.450. The van der Waals surface area contributed by atoms with Gasteiger partial charge in [-0.2, -0.15) is 0 Å². The second-order valence-corrected chi connectivity index (χ2v) is 7.05. The second kappa shape index (κ2) is 7.82. The Bertz CT molecular complexity index is 866. The monoisotopic (exact) mass is 371 g/mol. The van der Waals surface area contributed by atoms with E-state index in [4.69, 9.17) is 15.2 Å². The molecule has 0 saturated carbocycles. The molecule has 2 amide bonds. The summed E-state index contributed by atoms with van der Waals surface area (Å²) in [4.78, 5) is 29.5. The van der Waals surface area contributed by atoms with Gasteiger partial charge in [-0.05, 0) is 43.9 Å². The molecule has 7 heteroatoms. The van der Waals surface area contributed by atoms with E-state index in [1.54, 1.807) is 29.3 Å². The third-order valence-corrected chi connectivity index (χ3v) is 4.78. The van der Waals surface area contributed by atoms with Gasteiger partial charge in [0.15, 0.2) is 0 Å². The largest absolute Gasteiger partial charge is 0.490 e. The van der Waals surface area contributed by atoms with Gasteiger partial charge in [0, 0.05) is 37.5 Å². The third-order valence-electron chi connectivity index (χ3n) is 4.78. The van der Waals surface area contributed by atoms with E-state index in [9.17, 15) is 9.59 Å². The van der Waals surface area contributed by atoms with Crippen LogP contribution in [0, 0.1) is 0 Å². The van der Waals surface area contributed by atoms with Crippen LogP contribution in [0.5, 0.6) is 11.6 Å². The number of hydrogen-bond acceptors (Lipinski definition) is 5. The number of amides is 2. The molecule has 0 unspecified atom stereocenters. The molecule has 0 spiro atoms. The highest BCUT2D eigenvalue weighted by Gasteiger charge is 2.27. The lowest BCUT2D eigenvalue weighted by Gasteiger charge is -2.20. The predicted molar refractivity (Wildman–Crippen MR) is 102 cm³/mol. The van der Waals surface area contributed by atoms with Crippen LogP contribution in [0.3, 0.4) is 0 Å². The topological polar surface area (TPSA) is 94.8 Å². The highest BCUT2D eigenvalue weighted by Crippen LogP contribution is 2.31. The first-order valence-corrected chi connectivity index (χ1v) is 9.14. The molecule has 7 nitrogen and oxygen atoms in total. The van der Waals surface area contributed by atoms with Crippen molar-refractivity contribution in [2.45, 2.75) is 45.3 Å². The van der Waals surface area contributed by atoms with Gasteiger partial charge in [0.2, 0.25) is 11.8 Å². The smallest absolute Gasteiger partial charge is 0.252 e. The molecule has 1 aromatic carbocycles. The summed E-state index contributed by atoms with van der Waals surface area (Å²) in [6, 6.07) is 5.46. The van der Waals surface area contributed by atoms with Crippen molar-refractivity contribution in [2.75, 3.05) is 13.7 Å². The van der Waals surface area contributed by atoms with Crippen molar-refractivity contribution in [1.29, 1.82) is 0 Å². The minimum Gasteiger partial charge on any atom is -0.490 e. The summed E-state index contributed by atoms with van der Waals surface area (Å²) >= 11 is 0. The van der Waals surface area contributed by atoms with E-state index in [0.29, 0.717) is 30.2 Å². The van der Waals surface area contributed by atoms with E-state index in [1.165, 1.54) is 0 Å². The molecule has 2 heterocycles. The van der Waals surface area contributed by atoms with Crippen LogP contribution in [-0.4, -0.2) is 47.5 Å². The van der Waals surface area contributed by atoms with Gasteiger partial charge in [0.1, 0.15) is 5.75 Å². The number of benzene rings is 1. The molecule has 1 aromatic heterocycles. The van der Waals surface area contributed by atoms with Crippen LogP contribution in [0.25, 0.3) is 10.8 Å². The predicted octanol–water partition coefficient (Wildman–Crippen LogP) is 2.51. The van der Waals surface area contributed by atoms with Crippen molar-refractivity contribution in [3.8, 4) is 11.6 Å².